The number of thiazole rings is 1. The van der Waals surface area contributed by atoms with Crippen LogP contribution in [0.15, 0.2) is 52.3 Å². The van der Waals surface area contributed by atoms with Crippen LogP contribution in [-0.2, 0) is 4.79 Å². The van der Waals surface area contributed by atoms with Crippen LogP contribution in [0, 0.1) is 17.8 Å². The molecule has 2 heterocycles. The Hall–Kier alpha value is -1.93. The second-order valence-electron chi connectivity index (χ2n) is 9.21. The lowest BCUT2D eigenvalue weighted by Crippen LogP contribution is -2.33. The molecule has 4 unspecified atom stereocenters. The van der Waals surface area contributed by atoms with Crippen molar-refractivity contribution >= 4 is 57.9 Å². The average molecular weight is 534 g/mol. The Balaban J connectivity index is 1.17. The molecule has 6 rings (SSSR count). The van der Waals surface area contributed by atoms with Crippen molar-refractivity contribution in [2.24, 2.45) is 17.8 Å². The van der Waals surface area contributed by atoms with Gasteiger partial charge in [-0.1, -0.05) is 46.7 Å². The first-order valence-electron chi connectivity index (χ1n) is 11.3. The minimum atomic E-state index is -0.279. The van der Waals surface area contributed by atoms with E-state index in [0.29, 0.717) is 32.7 Å². The molecule has 0 radical (unpaired) electrons. The summed E-state index contributed by atoms with van der Waals surface area (Å²) in [6.45, 7) is -0.113. The summed E-state index contributed by atoms with van der Waals surface area (Å²) in [6, 6.07) is 12.9. The lowest BCUT2D eigenvalue weighted by molar-refractivity contribution is -0.118. The summed E-state index contributed by atoms with van der Waals surface area (Å²) in [5.41, 5.74) is 1.78. The number of hydrogen-bond donors (Lipinski definition) is 2. The maximum absolute atomic E-state index is 12.3. The van der Waals surface area contributed by atoms with Gasteiger partial charge in [-0.15, -0.1) is 11.8 Å². The summed E-state index contributed by atoms with van der Waals surface area (Å²) < 4.78 is 5.72. The van der Waals surface area contributed by atoms with Gasteiger partial charge in [0.2, 0.25) is 0 Å². The van der Waals surface area contributed by atoms with Gasteiger partial charge in [0.15, 0.2) is 6.61 Å². The number of ether oxygens (including phenoxy) is 1. The van der Waals surface area contributed by atoms with Gasteiger partial charge in [0.1, 0.15) is 5.75 Å². The highest BCUT2D eigenvalue weighted by molar-refractivity contribution is 8.00. The van der Waals surface area contributed by atoms with Crippen LogP contribution in [0.5, 0.6) is 5.75 Å². The second-order valence-corrected chi connectivity index (χ2v) is 12.2. The summed E-state index contributed by atoms with van der Waals surface area (Å²) in [7, 11) is 0. The van der Waals surface area contributed by atoms with Crippen molar-refractivity contribution in [2.75, 3.05) is 11.9 Å². The number of rotatable bonds is 5. The molecule has 2 bridgehead atoms. The first-order valence-corrected chi connectivity index (χ1v) is 13.8. The molecule has 176 valence electrons. The molecule has 3 aliphatic rings. The highest BCUT2D eigenvalue weighted by atomic mass is 35.5. The third-order valence-corrected chi connectivity index (χ3v) is 10.6. The maximum Gasteiger partial charge on any atom is 0.305 e. The van der Waals surface area contributed by atoms with Crippen molar-refractivity contribution in [3.05, 3.63) is 72.6 Å². The smallest absolute Gasteiger partial charge is 0.305 e. The summed E-state index contributed by atoms with van der Waals surface area (Å²) in [5.74, 6) is 2.66. The number of anilines is 1. The fraction of sp³-hybridized carbons (Fsp3) is 0.360. The van der Waals surface area contributed by atoms with E-state index >= 15 is 0 Å². The zero-order chi connectivity index (χ0) is 23.4. The number of carbonyl (C=O) groups is 1. The number of benzene rings is 2. The van der Waals surface area contributed by atoms with Gasteiger partial charge in [-0.2, -0.15) is 0 Å². The molecule has 5 atom stereocenters. The predicted octanol–water partition coefficient (Wildman–Crippen LogP) is 6.41. The number of carbonyl (C=O) groups excluding carboxylic acids is 1. The van der Waals surface area contributed by atoms with Gasteiger partial charge in [0.25, 0.3) is 5.91 Å². The average Bonchev–Trinajstić information content (AvgIpc) is 3.53. The van der Waals surface area contributed by atoms with E-state index in [1.807, 2.05) is 23.9 Å². The molecule has 5 nitrogen and oxygen atoms in total. The molecule has 1 aliphatic heterocycles. The molecular formula is C25H22Cl2N2O3S2. The highest BCUT2D eigenvalue weighted by Crippen LogP contribution is 2.63. The van der Waals surface area contributed by atoms with Crippen LogP contribution >= 0.6 is 46.3 Å². The van der Waals surface area contributed by atoms with E-state index in [1.54, 1.807) is 18.2 Å². The minimum Gasteiger partial charge on any atom is -0.484 e. The third kappa shape index (κ3) is 4.06. The third-order valence-electron chi connectivity index (χ3n) is 7.28. The molecule has 2 aromatic carbocycles. The molecule has 9 heteroatoms. The van der Waals surface area contributed by atoms with Gasteiger partial charge in [-0.3, -0.25) is 9.59 Å². The zero-order valence-electron chi connectivity index (χ0n) is 18.1. The van der Waals surface area contributed by atoms with Gasteiger partial charge in [-0.05, 0) is 72.9 Å². The molecule has 34 heavy (non-hydrogen) atoms. The Bertz CT molecular complexity index is 1310. The predicted molar refractivity (Wildman–Crippen MR) is 138 cm³/mol. The number of halogens is 2. The largest absolute Gasteiger partial charge is 0.484 e. The lowest BCUT2D eigenvalue weighted by atomic mass is 9.75. The topological polar surface area (TPSA) is 71.2 Å². The van der Waals surface area contributed by atoms with Crippen molar-refractivity contribution in [1.82, 2.24) is 4.98 Å². The Kier molecular flexibility index (Phi) is 5.92. The Labute approximate surface area is 215 Å². The highest BCUT2D eigenvalue weighted by Gasteiger charge is 2.54. The minimum absolute atomic E-state index is 0.0303. The van der Waals surface area contributed by atoms with Crippen LogP contribution in [0.25, 0.3) is 0 Å². The van der Waals surface area contributed by atoms with Crippen LogP contribution in [0.1, 0.15) is 35.6 Å². The van der Waals surface area contributed by atoms with Crippen molar-refractivity contribution in [3.8, 4) is 5.75 Å². The van der Waals surface area contributed by atoms with Crippen LogP contribution in [0.4, 0.5) is 5.69 Å². The zero-order valence-corrected chi connectivity index (χ0v) is 21.2. The molecule has 3 aromatic rings. The Morgan fingerprint density at radius 3 is 2.68 bits per heavy atom. The van der Waals surface area contributed by atoms with Crippen molar-refractivity contribution in [1.29, 1.82) is 0 Å². The summed E-state index contributed by atoms with van der Waals surface area (Å²) in [6.07, 6.45) is 3.92. The van der Waals surface area contributed by atoms with E-state index in [1.165, 1.54) is 41.0 Å². The van der Waals surface area contributed by atoms with E-state index in [0.717, 1.165) is 16.9 Å². The molecule has 1 aromatic heterocycles. The molecule has 1 amide bonds. The quantitative estimate of drug-likeness (QED) is 0.398. The summed E-state index contributed by atoms with van der Waals surface area (Å²) in [5, 5.41) is 5.22. The van der Waals surface area contributed by atoms with E-state index in [2.05, 4.69) is 22.4 Å². The fourth-order valence-corrected chi connectivity index (χ4v) is 9.11. The number of nitrogens with one attached hydrogen (secondary N) is 2. The van der Waals surface area contributed by atoms with Crippen molar-refractivity contribution < 1.29 is 9.53 Å². The number of aromatic nitrogens is 1. The molecule has 2 aliphatic carbocycles. The van der Waals surface area contributed by atoms with Crippen LogP contribution in [0.3, 0.4) is 0 Å². The lowest BCUT2D eigenvalue weighted by Gasteiger charge is -2.40. The first-order chi connectivity index (χ1) is 16.5. The van der Waals surface area contributed by atoms with Gasteiger partial charge >= 0.3 is 4.87 Å². The van der Waals surface area contributed by atoms with Crippen molar-refractivity contribution in [3.63, 3.8) is 0 Å². The number of aromatic amines is 1. The van der Waals surface area contributed by atoms with Crippen LogP contribution in [0.2, 0.25) is 10.0 Å². The normalized spacial score (nSPS) is 26.7. The van der Waals surface area contributed by atoms with Crippen molar-refractivity contribution in [2.45, 2.75) is 35.5 Å². The second kappa shape index (κ2) is 8.94. The van der Waals surface area contributed by atoms with Gasteiger partial charge in [-0.25, -0.2) is 0 Å². The fourth-order valence-electron chi connectivity index (χ4n) is 5.91. The summed E-state index contributed by atoms with van der Waals surface area (Å²) >= 11 is 15.2. The molecule has 2 saturated carbocycles. The number of thioether (sulfide) groups is 1. The van der Waals surface area contributed by atoms with E-state index in [9.17, 15) is 9.59 Å². The number of fused-ring (bicyclic) bond motifs is 6. The monoisotopic (exact) mass is 532 g/mol. The molecule has 2 N–H and O–H groups in total. The first kappa shape index (κ1) is 22.5. The standard InChI is InChI=1S/C25H22Cl2N2O3S2/c26-17-8-5-15(10-18(17)27)28-19(30)11-32-16-6-3-12(4-7-16)20-21-13-1-2-14(9-13)22(21)33-24-23(20)34-25(31)29-24/h3-8,10,13-14,20-22H,1-2,9,11H2,(H,28,30)(H,29,31)/t13?,14?,20-,21?,22?/m1/s1. The molecule has 0 saturated heterocycles. The van der Waals surface area contributed by atoms with Crippen LogP contribution in [-0.4, -0.2) is 22.7 Å². The molecule has 0 spiro atoms. The van der Waals surface area contributed by atoms with Gasteiger partial charge in [0.05, 0.1) is 15.1 Å². The summed E-state index contributed by atoms with van der Waals surface area (Å²) in [4.78, 5) is 28.8. The van der Waals surface area contributed by atoms with Gasteiger partial charge < -0.3 is 15.0 Å². The molecule has 2 fully saturated rings. The van der Waals surface area contributed by atoms with E-state index in [4.69, 9.17) is 27.9 Å². The Morgan fingerprint density at radius 2 is 1.88 bits per heavy atom. The Morgan fingerprint density at radius 1 is 1.09 bits per heavy atom. The maximum atomic E-state index is 12.3. The SMILES string of the molecule is O=C(COc1ccc([C@H]2c3sc(=O)[nH]c3SC3C4CCC(C4)C32)cc1)Nc1ccc(Cl)c(Cl)c1. The molecular weight excluding hydrogens is 511 g/mol. The number of H-pyrrole nitrogens is 1. The van der Waals surface area contributed by atoms with E-state index in [-0.39, 0.29) is 23.3 Å². The number of amides is 1. The van der Waals surface area contributed by atoms with Gasteiger partial charge in [0, 0.05) is 21.7 Å². The van der Waals surface area contributed by atoms with Crippen LogP contribution < -0.4 is 14.9 Å². The van der Waals surface area contributed by atoms with E-state index < -0.39 is 0 Å². The number of hydrogen-bond acceptors (Lipinski definition) is 5.